The molecule has 0 aliphatic carbocycles. The summed E-state index contributed by atoms with van der Waals surface area (Å²) in [5, 5.41) is 15.4. The van der Waals surface area contributed by atoms with Crippen molar-refractivity contribution in [3.63, 3.8) is 0 Å². The Kier molecular flexibility index (Phi) is 11.4. The van der Waals surface area contributed by atoms with Crippen LogP contribution in [0.4, 0.5) is 19.0 Å². The number of fused-ring (bicyclic) bond motifs is 2. The predicted molar refractivity (Wildman–Crippen MR) is 194 cm³/mol. The maximum atomic E-state index is 13.0. The van der Waals surface area contributed by atoms with E-state index in [0.717, 1.165) is 94.0 Å². The second kappa shape index (κ2) is 15.5. The van der Waals surface area contributed by atoms with Gasteiger partial charge in [0.15, 0.2) is 0 Å². The third-order valence-corrected chi connectivity index (χ3v) is 11.6. The number of benzene rings is 1. The van der Waals surface area contributed by atoms with E-state index in [-0.39, 0.29) is 10.9 Å². The number of alkyl halides is 3. The summed E-state index contributed by atoms with van der Waals surface area (Å²) < 4.78 is 47.0. The van der Waals surface area contributed by atoms with Crippen molar-refractivity contribution in [1.29, 1.82) is 5.26 Å². The number of nitrogens with zero attached hydrogens (tertiary/aromatic N) is 7. The van der Waals surface area contributed by atoms with Gasteiger partial charge in [0, 0.05) is 98.9 Å². The highest BCUT2D eigenvalue weighted by molar-refractivity contribution is 7.95. The Hall–Kier alpha value is -2.93. The van der Waals surface area contributed by atoms with Crippen LogP contribution in [0.3, 0.4) is 0 Å². The summed E-state index contributed by atoms with van der Waals surface area (Å²) in [6.07, 6.45) is -1.97. The Morgan fingerprint density at radius 2 is 1.80 bits per heavy atom. The summed E-state index contributed by atoms with van der Waals surface area (Å²) in [7, 11) is 0. The zero-order chi connectivity index (χ0) is 34.7. The number of aromatic nitrogens is 3. The first-order valence-electron chi connectivity index (χ1n) is 17.2. The summed E-state index contributed by atoms with van der Waals surface area (Å²) in [6.45, 7) is 17.3. The van der Waals surface area contributed by atoms with Crippen LogP contribution in [0, 0.1) is 24.2 Å². The second-order valence-corrected chi connectivity index (χ2v) is 15.9. The first-order valence-corrected chi connectivity index (χ1v) is 18.8. The van der Waals surface area contributed by atoms with Crippen LogP contribution in [0.1, 0.15) is 55.3 Å². The number of anilines is 1. The molecule has 6 rings (SSSR count). The minimum atomic E-state index is -4.25. The lowest BCUT2D eigenvalue weighted by Gasteiger charge is -2.37. The van der Waals surface area contributed by atoms with Gasteiger partial charge in [-0.2, -0.15) is 18.4 Å². The molecule has 0 radical (unpaired) electrons. The van der Waals surface area contributed by atoms with Crippen molar-refractivity contribution >= 4 is 50.4 Å². The Labute approximate surface area is 295 Å². The summed E-state index contributed by atoms with van der Waals surface area (Å²) in [4.78, 5) is 14.4. The molecule has 3 aromatic heterocycles. The quantitative estimate of drug-likeness (QED) is 0.154. The minimum absolute atomic E-state index is 0.182. The molecule has 0 bridgehead atoms. The standard InChI is InChI=1S/C35H46F3N9S2/c1-23(2)19-42-49-46-13-11-45(12-14-46)24(3)20-47-28(18-39)15-30-25(4)26(5-6-32(30)47)21-44-9-7-27(8-10-44)43-33-31-16-29(17-35(36,37)38)48-34(31)41-22-40-33/h5-6,15-16,22-24,27,42H,7-14,17,19-21H2,1-4H3,(H,40,41,43)/t24-/m0/s1. The molecule has 2 aliphatic heterocycles. The number of thiophene rings is 1. The van der Waals surface area contributed by atoms with Crippen LogP contribution in [0.25, 0.3) is 21.1 Å². The SMILES string of the molecule is Cc1c(CN2CCC(Nc3ncnc4sc(CC(F)(F)F)cc34)CC2)ccc2c1cc(C#N)n2C[C@H](C)N1CCN(SNCC(C)C)CC1. The Bertz CT molecular complexity index is 1760. The van der Waals surface area contributed by atoms with Crippen molar-refractivity contribution in [2.75, 3.05) is 51.1 Å². The van der Waals surface area contributed by atoms with Crippen molar-refractivity contribution in [1.82, 2.24) is 33.4 Å². The molecule has 0 amide bonds. The van der Waals surface area contributed by atoms with Crippen molar-refractivity contribution in [3.05, 3.63) is 52.3 Å². The molecule has 49 heavy (non-hydrogen) atoms. The lowest BCUT2D eigenvalue weighted by atomic mass is 10.0. The number of hydrogen-bond donors (Lipinski definition) is 2. The van der Waals surface area contributed by atoms with Crippen molar-refractivity contribution in [3.8, 4) is 6.07 Å². The molecular formula is C35H46F3N9S2. The van der Waals surface area contributed by atoms with E-state index >= 15 is 0 Å². The van der Waals surface area contributed by atoms with Gasteiger partial charge in [-0.1, -0.05) is 19.9 Å². The smallest absolute Gasteiger partial charge is 0.367 e. The van der Waals surface area contributed by atoms with Crippen LogP contribution in [0.15, 0.2) is 30.6 Å². The average Bonchev–Trinajstić information content (AvgIpc) is 3.64. The fraction of sp³-hybridized carbons (Fsp3) is 0.571. The van der Waals surface area contributed by atoms with Gasteiger partial charge in [-0.3, -0.25) is 14.5 Å². The number of piperazine rings is 1. The zero-order valence-electron chi connectivity index (χ0n) is 28.7. The van der Waals surface area contributed by atoms with Crippen molar-refractivity contribution < 1.29 is 13.2 Å². The number of hydrogen-bond acceptors (Lipinski definition) is 10. The van der Waals surface area contributed by atoms with Gasteiger partial charge < -0.3 is 9.88 Å². The van der Waals surface area contributed by atoms with Crippen LogP contribution in [-0.4, -0.2) is 92.7 Å². The summed E-state index contributed by atoms with van der Waals surface area (Å²) in [6, 6.07) is 11.0. The fourth-order valence-corrected chi connectivity index (χ4v) is 8.83. The molecular weight excluding hydrogens is 668 g/mol. The lowest BCUT2D eigenvalue weighted by molar-refractivity contribution is -0.126. The van der Waals surface area contributed by atoms with E-state index in [1.165, 1.54) is 17.5 Å². The zero-order valence-corrected chi connectivity index (χ0v) is 30.3. The third-order valence-electron chi connectivity index (χ3n) is 9.69. The van der Waals surface area contributed by atoms with E-state index in [0.29, 0.717) is 33.7 Å². The van der Waals surface area contributed by atoms with Crippen molar-refractivity contribution in [2.24, 2.45) is 5.92 Å². The van der Waals surface area contributed by atoms with Crippen LogP contribution in [-0.2, 0) is 19.5 Å². The van der Waals surface area contributed by atoms with Crippen LogP contribution < -0.4 is 10.0 Å². The van der Waals surface area contributed by atoms with E-state index in [9.17, 15) is 18.4 Å². The van der Waals surface area contributed by atoms with Crippen LogP contribution in [0.5, 0.6) is 0 Å². The van der Waals surface area contributed by atoms with Crippen LogP contribution >= 0.6 is 23.5 Å². The Morgan fingerprint density at radius 3 is 2.49 bits per heavy atom. The topological polar surface area (TPSA) is 88.3 Å². The Morgan fingerprint density at radius 1 is 1.04 bits per heavy atom. The molecule has 0 saturated carbocycles. The number of nitriles is 1. The highest BCUT2D eigenvalue weighted by Gasteiger charge is 2.30. The van der Waals surface area contributed by atoms with Gasteiger partial charge in [0.1, 0.15) is 28.7 Å². The molecule has 0 spiro atoms. The monoisotopic (exact) mass is 713 g/mol. The van der Waals surface area contributed by atoms with Crippen molar-refractivity contribution in [2.45, 2.75) is 78.3 Å². The highest BCUT2D eigenvalue weighted by atomic mass is 32.2. The van der Waals surface area contributed by atoms with E-state index in [1.54, 1.807) is 18.2 Å². The number of nitrogens with one attached hydrogen (secondary N) is 2. The first kappa shape index (κ1) is 35.9. The normalized spacial score (nSPS) is 18.1. The van der Waals surface area contributed by atoms with E-state index in [2.05, 4.69) is 90.6 Å². The number of piperidine rings is 1. The van der Waals surface area contributed by atoms with E-state index in [1.807, 2.05) is 0 Å². The largest absolute Gasteiger partial charge is 0.393 e. The molecule has 0 unspecified atom stereocenters. The first-order chi connectivity index (χ1) is 23.5. The number of aryl methyl sites for hydroxylation is 1. The summed E-state index contributed by atoms with van der Waals surface area (Å²) in [5.74, 6) is 1.24. The van der Waals surface area contributed by atoms with Gasteiger partial charge in [0.2, 0.25) is 0 Å². The second-order valence-electron chi connectivity index (χ2n) is 13.8. The molecule has 2 fully saturated rings. The number of likely N-dealkylation sites (tertiary alicyclic amines) is 1. The predicted octanol–water partition coefficient (Wildman–Crippen LogP) is 6.82. The van der Waals surface area contributed by atoms with Gasteiger partial charge in [0.25, 0.3) is 0 Å². The van der Waals surface area contributed by atoms with Gasteiger partial charge in [-0.25, -0.2) is 14.3 Å². The molecule has 14 heteroatoms. The molecule has 1 atom stereocenters. The third kappa shape index (κ3) is 8.87. The Balaban J connectivity index is 1.05. The highest BCUT2D eigenvalue weighted by Crippen LogP contribution is 2.34. The minimum Gasteiger partial charge on any atom is -0.367 e. The molecule has 5 heterocycles. The van der Waals surface area contributed by atoms with E-state index < -0.39 is 12.6 Å². The fourth-order valence-electron chi connectivity index (χ4n) is 6.87. The number of halogens is 3. The molecule has 2 aliphatic rings. The number of rotatable bonds is 12. The molecule has 264 valence electrons. The van der Waals surface area contributed by atoms with Gasteiger partial charge >= 0.3 is 6.18 Å². The maximum absolute atomic E-state index is 13.0. The molecule has 9 nitrogen and oxygen atoms in total. The van der Waals surface area contributed by atoms with Crippen LogP contribution in [0.2, 0.25) is 0 Å². The summed E-state index contributed by atoms with van der Waals surface area (Å²) in [5.41, 5.74) is 4.30. The summed E-state index contributed by atoms with van der Waals surface area (Å²) >= 11 is 2.81. The maximum Gasteiger partial charge on any atom is 0.393 e. The van der Waals surface area contributed by atoms with E-state index in [4.69, 9.17) is 0 Å². The van der Waals surface area contributed by atoms with Gasteiger partial charge in [-0.05, 0) is 61.9 Å². The molecule has 1 aromatic carbocycles. The molecule has 4 aromatic rings. The average molecular weight is 714 g/mol. The lowest BCUT2D eigenvalue weighted by Crippen LogP contribution is -2.49. The van der Waals surface area contributed by atoms with Gasteiger partial charge in [0.05, 0.1) is 11.8 Å². The molecule has 2 N–H and O–H groups in total. The van der Waals surface area contributed by atoms with Gasteiger partial charge in [-0.15, -0.1) is 11.3 Å². The molecule has 2 saturated heterocycles.